The van der Waals surface area contributed by atoms with Crippen molar-refractivity contribution < 1.29 is 43.2 Å². The van der Waals surface area contributed by atoms with Crippen LogP contribution in [-0.4, -0.2) is 68.5 Å². The molecular weight excluding hydrogens is 658 g/mol. The van der Waals surface area contributed by atoms with Gasteiger partial charge in [0, 0.05) is 18.4 Å². The van der Waals surface area contributed by atoms with E-state index in [0.29, 0.717) is 27.9 Å². The number of nitrogens with zero attached hydrogens (tertiary/aromatic N) is 4. The number of rotatable bonds is 11. The predicted octanol–water partition coefficient (Wildman–Crippen LogP) is 7.40. The number of fused-ring (bicyclic) bond motifs is 1. The summed E-state index contributed by atoms with van der Waals surface area (Å²) in [6.45, 7) is 11.9. The molecule has 14 nitrogen and oxygen atoms in total. The number of carbonyl (C=O) groups excluding carboxylic acids is 3. The second-order valence-corrected chi connectivity index (χ2v) is 13.5. The Kier molecular flexibility index (Phi) is 12.0. The van der Waals surface area contributed by atoms with Gasteiger partial charge in [0.25, 0.3) is 0 Å². The van der Waals surface area contributed by atoms with Gasteiger partial charge in [-0.05, 0) is 89.6 Å². The minimum Gasteiger partial charge on any atom is -0.492 e. The summed E-state index contributed by atoms with van der Waals surface area (Å²) >= 11 is 0. The van der Waals surface area contributed by atoms with Crippen LogP contribution in [-0.2, 0) is 27.4 Å². The number of amides is 4. The van der Waals surface area contributed by atoms with Crippen molar-refractivity contribution in [2.24, 2.45) is 0 Å². The lowest BCUT2D eigenvalue weighted by atomic mass is 10.1. The first-order chi connectivity index (χ1) is 24.0. The molecule has 0 bridgehead atoms. The number of aromatic nitrogens is 2. The van der Waals surface area contributed by atoms with Gasteiger partial charge in [-0.15, -0.1) is 0 Å². The molecule has 0 unspecified atom stereocenters. The van der Waals surface area contributed by atoms with Crippen LogP contribution >= 0.6 is 0 Å². The minimum absolute atomic E-state index is 0.0655. The largest absolute Gasteiger partial charge is 0.492 e. The first kappa shape index (κ1) is 37.9. The number of pyridine rings is 2. The molecule has 0 fully saturated rings. The van der Waals surface area contributed by atoms with Gasteiger partial charge in [-0.25, -0.2) is 24.4 Å². The summed E-state index contributed by atoms with van der Waals surface area (Å²) in [5, 5.41) is 13.4. The maximum absolute atomic E-state index is 13.2. The van der Waals surface area contributed by atoms with Gasteiger partial charge in [-0.1, -0.05) is 24.3 Å². The Morgan fingerprint density at radius 1 is 0.784 bits per heavy atom. The van der Waals surface area contributed by atoms with Crippen LogP contribution in [0.15, 0.2) is 72.8 Å². The van der Waals surface area contributed by atoms with Gasteiger partial charge < -0.3 is 29.4 Å². The van der Waals surface area contributed by atoms with Gasteiger partial charge in [-0.3, -0.25) is 9.69 Å². The molecular formula is C37H43N5O9. The number of hydrogen-bond donors (Lipinski definition) is 2. The van der Waals surface area contributed by atoms with Crippen LogP contribution in [0.5, 0.6) is 11.5 Å². The van der Waals surface area contributed by atoms with Crippen LogP contribution in [0, 0.1) is 0 Å². The van der Waals surface area contributed by atoms with Gasteiger partial charge in [-0.2, -0.15) is 4.90 Å². The second-order valence-electron chi connectivity index (χ2n) is 13.5. The summed E-state index contributed by atoms with van der Waals surface area (Å²) < 4.78 is 22.8. The van der Waals surface area contributed by atoms with E-state index in [4.69, 9.17) is 18.9 Å². The Labute approximate surface area is 296 Å². The number of carboxylic acid groups (broad SMARTS) is 1. The molecule has 0 radical (unpaired) electrons. The van der Waals surface area contributed by atoms with Crippen LogP contribution in [0.2, 0.25) is 0 Å². The quantitative estimate of drug-likeness (QED) is 0.160. The summed E-state index contributed by atoms with van der Waals surface area (Å²) in [5.41, 5.74) is 0.182. The zero-order chi connectivity index (χ0) is 37.3. The average Bonchev–Trinajstić information content (AvgIpc) is 3.01. The number of anilines is 2. The molecule has 0 atom stereocenters. The summed E-state index contributed by atoms with van der Waals surface area (Å²) in [5.74, 6) is 1.16. The number of nitrogens with one attached hydrogen (secondary N) is 1. The SMILES string of the molecule is CC(=O)Nc1ccc2ccc(COc3cccc(OCCN(Cc4cccc(N(C(=O)O)C(=O)OC(C)(C)C)n4)C(=O)OC(C)(C)C)c3)cc2n1. The van der Waals surface area contributed by atoms with E-state index < -0.39 is 29.5 Å². The van der Waals surface area contributed by atoms with Gasteiger partial charge in [0.2, 0.25) is 5.91 Å². The zero-order valence-electron chi connectivity index (χ0n) is 29.8. The molecule has 0 aliphatic heterocycles. The van der Waals surface area contributed by atoms with Gasteiger partial charge >= 0.3 is 18.3 Å². The van der Waals surface area contributed by atoms with Crippen molar-refractivity contribution in [3.63, 3.8) is 0 Å². The second kappa shape index (κ2) is 16.2. The maximum Gasteiger partial charge on any atom is 0.425 e. The lowest BCUT2D eigenvalue weighted by Gasteiger charge is -2.27. The molecule has 2 heterocycles. The molecule has 0 spiro atoms. The normalized spacial score (nSPS) is 11.4. The molecule has 0 saturated heterocycles. The topological polar surface area (TPSA) is 170 Å². The lowest BCUT2D eigenvalue weighted by molar-refractivity contribution is -0.114. The predicted molar refractivity (Wildman–Crippen MR) is 190 cm³/mol. The summed E-state index contributed by atoms with van der Waals surface area (Å²) in [7, 11) is 0. The molecule has 0 saturated carbocycles. The molecule has 0 aliphatic rings. The molecule has 51 heavy (non-hydrogen) atoms. The molecule has 14 heteroatoms. The standard InChI is InChI=1S/C37H43N5O9/c1-24(43)38-31-17-16-26-15-14-25(20-30(26)40-31)23-49-29-12-9-11-28(21-29)48-19-18-41(34(46)50-36(2,3)4)22-27-10-8-13-32(39-27)42(33(44)45)35(47)51-37(5,6)7/h8-17,20-21H,18-19,22-23H2,1-7H3,(H,44,45)(H,38,40,43). The van der Waals surface area contributed by atoms with Crippen molar-refractivity contribution in [3.05, 3.63) is 84.1 Å². The van der Waals surface area contributed by atoms with Gasteiger partial charge in [0.05, 0.1) is 24.3 Å². The Balaban J connectivity index is 1.42. The highest BCUT2D eigenvalue weighted by atomic mass is 16.6. The third-order valence-electron chi connectivity index (χ3n) is 6.69. The first-order valence-corrected chi connectivity index (χ1v) is 16.2. The molecule has 270 valence electrons. The number of imide groups is 1. The van der Waals surface area contributed by atoms with E-state index in [1.54, 1.807) is 77.9 Å². The van der Waals surface area contributed by atoms with Crippen LogP contribution < -0.4 is 19.7 Å². The Bertz CT molecular complexity index is 1880. The molecule has 2 aromatic carbocycles. The number of ether oxygens (including phenoxy) is 4. The highest BCUT2D eigenvalue weighted by molar-refractivity contribution is 6.07. The maximum atomic E-state index is 13.2. The van der Waals surface area contributed by atoms with Crippen LogP contribution in [0.25, 0.3) is 10.9 Å². The fourth-order valence-corrected chi connectivity index (χ4v) is 4.61. The average molecular weight is 702 g/mol. The van der Waals surface area contributed by atoms with Gasteiger partial charge in [0.15, 0.2) is 0 Å². The fraction of sp³-hybridized carbons (Fsp3) is 0.351. The van der Waals surface area contributed by atoms with E-state index in [2.05, 4.69) is 15.3 Å². The van der Waals surface area contributed by atoms with Crippen molar-refractivity contribution in [2.75, 3.05) is 23.4 Å². The van der Waals surface area contributed by atoms with Crippen LogP contribution in [0.3, 0.4) is 0 Å². The zero-order valence-corrected chi connectivity index (χ0v) is 29.8. The minimum atomic E-state index is -1.57. The summed E-state index contributed by atoms with van der Waals surface area (Å²) in [4.78, 5) is 59.9. The smallest absolute Gasteiger partial charge is 0.425 e. The Morgan fingerprint density at radius 3 is 2.10 bits per heavy atom. The van der Waals surface area contributed by atoms with Crippen molar-refractivity contribution in [2.45, 2.75) is 72.8 Å². The molecule has 4 amide bonds. The van der Waals surface area contributed by atoms with Crippen molar-refractivity contribution in [1.82, 2.24) is 14.9 Å². The van der Waals surface area contributed by atoms with Crippen molar-refractivity contribution in [1.29, 1.82) is 0 Å². The molecule has 2 aromatic heterocycles. The van der Waals surface area contributed by atoms with E-state index in [0.717, 1.165) is 16.5 Å². The molecule has 4 rings (SSSR count). The van der Waals surface area contributed by atoms with E-state index in [9.17, 15) is 24.3 Å². The van der Waals surface area contributed by atoms with Crippen LogP contribution in [0.4, 0.5) is 26.0 Å². The monoisotopic (exact) mass is 701 g/mol. The van der Waals surface area contributed by atoms with Gasteiger partial charge in [0.1, 0.15) is 47.6 Å². The molecule has 4 aromatic rings. The lowest BCUT2D eigenvalue weighted by Crippen LogP contribution is -2.41. The highest BCUT2D eigenvalue weighted by Crippen LogP contribution is 2.23. The molecule has 2 N–H and O–H groups in total. The number of carbonyl (C=O) groups is 4. The molecule has 0 aliphatic carbocycles. The number of hydrogen-bond acceptors (Lipinski definition) is 10. The van der Waals surface area contributed by atoms with Crippen molar-refractivity contribution in [3.8, 4) is 11.5 Å². The van der Waals surface area contributed by atoms with E-state index in [1.807, 2.05) is 24.3 Å². The third-order valence-corrected chi connectivity index (χ3v) is 6.69. The Hall–Kier alpha value is -5.92. The summed E-state index contributed by atoms with van der Waals surface area (Å²) in [6, 6.07) is 21.0. The van der Waals surface area contributed by atoms with E-state index >= 15 is 0 Å². The van der Waals surface area contributed by atoms with E-state index in [-0.39, 0.29) is 38.0 Å². The first-order valence-electron chi connectivity index (χ1n) is 16.2. The highest BCUT2D eigenvalue weighted by Gasteiger charge is 2.30. The number of benzene rings is 2. The Morgan fingerprint density at radius 2 is 1.43 bits per heavy atom. The van der Waals surface area contributed by atoms with E-state index in [1.165, 1.54) is 24.0 Å². The van der Waals surface area contributed by atoms with Crippen LogP contribution in [0.1, 0.15) is 59.7 Å². The van der Waals surface area contributed by atoms with Crippen molar-refractivity contribution >= 4 is 46.7 Å². The fourth-order valence-electron chi connectivity index (χ4n) is 4.61. The summed E-state index contributed by atoms with van der Waals surface area (Å²) in [6.07, 6.45) is -3.30. The third kappa shape index (κ3) is 11.9.